The number of nitrogens with one attached hydrogen (secondary N) is 1. The van der Waals surface area contributed by atoms with Crippen LogP contribution in [0.5, 0.6) is 5.75 Å². The third kappa shape index (κ3) is 4.21. The van der Waals surface area contributed by atoms with Crippen molar-refractivity contribution in [3.8, 4) is 5.75 Å². The van der Waals surface area contributed by atoms with Gasteiger partial charge in [0.1, 0.15) is 5.75 Å². The highest BCUT2D eigenvalue weighted by Crippen LogP contribution is 2.32. The minimum absolute atomic E-state index is 0.0830. The van der Waals surface area contributed by atoms with Crippen LogP contribution in [0.4, 0.5) is 0 Å². The maximum absolute atomic E-state index is 11.8. The first-order chi connectivity index (χ1) is 9.61. The summed E-state index contributed by atoms with van der Waals surface area (Å²) in [5.74, 6) is 1.07. The molecule has 0 aliphatic heterocycles. The summed E-state index contributed by atoms with van der Waals surface area (Å²) in [4.78, 5) is 11.8. The van der Waals surface area contributed by atoms with E-state index in [9.17, 15) is 4.79 Å². The fourth-order valence-electron chi connectivity index (χ4n) is 1.99. The Hall–Kier alpha value is -1.07. The predicted molar refractivity (Wildman–Crippen MR) is 80.6 cm³/mol. The quantitative estimate of drug-likeness (QED) is 0.749. The van der Waals surface area contributed by atoms with Gasteiger partial charge in [-0.1, -0.05) is 22.0 Å². The molecule has 0 saturated heterocycles. The van der Waals surface area contributed by atoms with Gasteiger partial charge < -0.3 is 15.2 Å². The number of rotatable bonds is 7. The maximum atomic E-state index is 11.8. The molecule has 2 N–H and O–H groups in total. The summed E-state index contributed by atoms with van der Waals surface area (Å²) in [6.45, 7) is 2.53. The second-order valence-corrected chi connectivity index (χ2v) is 6.03. The number of carbonyl (C=O) groups excluding carboxylic acids is 1. The van der Waals surface area contributed by atoms with Crippen LogP contribution >= 0.6 is 15.9 Å². The Morgan fingerprint density at radius 3 is 2.95 bits per heavy atom. The molecule has 2 rings (SSSR count). The Morgan fingerprint density at radius 2 is 2.30 bits per heavy atom. The van der Waals surface area contributed by atoms with Gasteiger partial charge in [0.05, 0.1) is 12.6 Å². The minimum Gasteiger partial charge on any atom is -0.493 e. The van der Waals surface area contributed by atoms with Crippen LogP contribution in [0.3, 0.4) is 0 Å². The second kappa shape index (κ2) is 7.09. The molecule has 1 atom stereocenters. The molecule has 0 bridgehead atoms. The first-order valence-corrected chi connectivity index (χ1v) is 7.74. The van der Waals surface area contributed by atoms with Crippen molar-refractivity contribution in [2.45, 2.75) is 32.2 Å². The molecule has 1 aliphatic rings. The SMILES string of the molecule is CC(NC(=O)C1CC1)c1ccc(Br)cc1OCCCO. The summed E-state index contributed by atoms with van der Waals surface area (Å²) in [7, 11) is 0. The number of carbonyl (C=O) groups is 1. The predicted octanol–water partition coefficient (Wildman–Crippen LogP) is 2.80. The van der Waals surface area contributed by atoms with E-state index in [1.165, 1.54) is 0 Å². The van der Waals surface area contributed by atoms with E-state index in [0.29, 0.717) is 13.0 Å². The molecule has 1 aliphatic carbocycles. The van der Waals surface area contributed by atoms with Crippen LogP contribution in [0.25, 0.3) is 0 Å². The van der Waals surface area contributed by atoms with Gasteiger partial charge in [0.15, 0.2) is 0 Å². The van der Waals surface area contributed by atoms with Crippen LogP contribution in [0, 0.1) is 5.92 Å². The average Bonchev–Trinajstić information content (AvgIpc) is 3.23. The smallest absolute Gasteiger partial charge is 0.223 e. The molecule has 0 heterocycles. The lowest BCUT2D eigenvalue weighted by molar-refractivity contribution is -0.122. The van der Waals surface area contributed by atoms with Gasteiger partial charge in [-0.3, -0.25) is 4.79 Å². The van der Waals surface area contributed by atoms with E-state index >= 15 is 0 Å². The molecule has 110 valence electrons. The zero-order valence-electron chi connectivity index (χ0n) is 11.6. The van der Waals surface area contributed by atoms with Gasteiger partial charge >= 0.3 is 0 Å². The third-order valence-electron chi connectivity index (χ3n) is 3.31. The van der Waals surface area contributed by atoms with Crippen molar-refractivity contribution in [1.82, 2.24) is 5.32 Å². The van der Waals surface area contributed by atoms with Gasteiger partial charge in [0, 0.05) is 29.0 Å². The lowest BCUT2D eigenvalue weighted by atomic mass is 10.1. The van der Waals surface area contributed by atoms with Crippen LogP contribution in [-0.2, 0) is 4.79 Å². The lowest BCUT2D eigenvalue weighted by Crippen LogP contribution is -2.28. The Bertz CT molecular complexity index is 474. The highest BCUT2D eigenvalue weighted by molar-refractivity contribution is 9.10. The first kappa shape index (κ1) is 15.3. The molecule has 4 nitrogen and oxygen atoms in total. The van der Waals surface area contributed by atoms with E-state index in [4.69, 9.17) is 9.84 Å². The molecule has 1 fully saturated rings. The topological polar surface area (TPSA) is 58.6 Å². The first-order valence-electron chi connectivity index (χ1n) is 6.95. The van der Waals surface area contributed by atoms with E-state index in [1.807, 2.05) is 25.1 Å². The van der Waals surface area contributed by atoms with E-state index in [0.717, 1.165) is 28.6 Å². The average molecular weight is 342 g/mol. The van der Waals surface area contributed by atoms with Gasteiger partial charge in [-0.15, -0.1) is 0 Å². The van der Waals surface area contributed by atoms with Gasteiger partial charge in [-0.25, -0.2) is 0 Å². The molecule has 1 aromatic carbocycles. The van der Waals surface area contributed by atoms with E-state index in [1.54, 1.807) is 0 Å². The summed E-state index contributed by atoms with van der Waals surface area (Å²) in [6.07, 6.45) is 2.59. The number of hydrogen-bond donors (Lipinski definition) is 2. The monoisotopic (exact) mass is 341 g/mol. The Balaban J connectivity index is 2.05. The van der Waals surface area contributed by atoms with E-state index < -0.39 is 0 Å². The van der Waals surface area contributed by atoms with Crippen molar-refractivity contribution < 1.29 is 14.6 Å². The number of ether oxygens (including phenoxy) is 1. The summed E-state index contributed by atoms with van der Waals surface area (Å²) in [6, 6.07) is 5.71. The molecular formula is C15H20BrNO3. The Labute approximate surface area is 127 Å². The fourth-order valence-corrected chi connectivity index (χ4v) is 2.33. The standard InChI is InChI=1S/C15H20BrNO3/c1-10(17-15(19)11-3-4-11)13-6-5-12(16)9-14(13)20-8-2-7-18/h5-6,9-11,18H,2-4,7-8H2,1H3,(H,17,19). The Morgan fingerprint density at radius 1 is 1.55 bits per heavy atom. The van der Waals surface area contributed by atoms with Crippen LogP contribution in [-0.4, -0.2) is 24.2 Å². The van der Waals surface area contributed by atoms with Gasteiger partial charge in [0.25, 0.3) is 0 Å². The van der Waals surface area contributed by atoms with Crippen molar-refractivity contribution in [3.05, 3.63) is 28.2 Å². The largest absolute Gasteiger partial charge is 0.493 e. The highest BCUT2D eigenvalue weighted by Gasteiger charge is 2.30. The van der Waals surface area contributed by atoms with Crippen LogP contribution in [0.1, 0.15) is 37.8 Å². The minimum atomic E-state index is -0.0830. The number of hydrogen-bond acceptors (Lipinski definition) is 3. The molecule has 5 heteroatoms. The van der Waals surface area contributed by atoms with Crippen molar-refractivity contribution >= 4 is 21.8 Å². The van der Waals surface area contributed by atoms with E-state index in [-0.39, 0.29) is 24.5 Å². The Kier molecular flexibility index (Phi) is 5.43. The molecule has 1 saturated carbocycles. The summed E-state index contributed by atoms with van der Waals surface area (Å²) in [5.41, 5.74) is 0.958. The van der Waals surface area contributed by atoms with Gasteiger partial charge in [-0.2, -0.15) is 0 Å². The van der Waals surface area contributed by atoms with Gasteiger partial charge in [0.2, 0.25) is 5.91 Å². The fraction of sp³-hybridized carbons (Fsp3) is 0.533. The van der Waals surface area contributed by atoms with Crippen molar-refractivity contribution in [1.29, 1.82) is 0 Å². The normalized spacial score (nSPS) is 15.8. The maximum Gasteiger partial charge on any atom is 0.223 e. The molecule has 20 heavy (non-hydrogen) atoms. The van der Waals surface area contributed by atoms with Crippen molar-refractivity contribution in [3.63, 3.8) is 0 Å². The molecule has 0 radical (unpaired) electrons. The van der Waals surface area contributed by atoms with Crippen LogP contribution in [0.2, 0.25) is 0 Å². The van der Waals surface area contributed by atoms with E-state index in [2.05, 4.69) is 21.2 Å². The van der Waals surface area contributed by atoms with Crippen LogP contribution in [0.15, 0.2) is 22.7 Å². The molecule has 0 aromatic heterocycles. The molecule has 1 aromatic rings. The van der Waals surface area contributed by atoms with Crippen LogP contribution < -0.4 is 10.1 Å². The van der Waals surface area contributed by atoms with Gasteiger partial charge in [-0.05, 0) is 31.9 Å². The van der Waals surface area contributed by atoms with Crippen molar-refractivity contribution in [2.75, 3.05) is 13.2 Å². The lowest BCUT2D eigenvalue weighted by Gasteiger charge is -2.18. The second-order valence-electron chi connectivity index (χ2n) is 5.11. The number of halogens is 1. The summed E-state index contributed by atoms with van der Waals surface area (Å²) in [5, 5.41) is 11.8. The molecule has 1 unspecified atom stereocenters. The summed E-state index contributed by atoms with van der Waals surface area (Å²) >= 11 is 3.42. The van der Waals surface area contributed by atoms with Crippen molar-refractivity contribution in [2.24, 2.45) is 5.92 Å². The number of aliphatic hydroxyl groups is 1. The third-order valence-corrected chi connectivity index (χ3v) is 3.80. The number of amides is 1. The zero-order chi connectivity index (χ0) is 14.5. The molecule has 0 spiro atoms. The zero-order valence-corrected chi connectivity index (χ0v) is 13.1. The highest BCUT2D eigenvalue weighted by atomic mass is 79.9. The molecule has 1 amide bonds. The number of benzene rings is 1. The molecular weight excluding hydrogens is 322 g/mol. The number of aliphatic hydroxyl groups excluding tert-OH is 1. The summed E-state index contributed by atoms with van der Waals surface area (Å²) < 4.78 is 6.63.